The molecule has 166 valence electrons. The van der Waals surface area contributed by atoms with E-state index in [4.69, 9.17) is 4.74 Å². The highest BCUT2D eigenvalue weighted by atomic mass is 32.2. The van der Waals surface area contributed by atoms with E-state index in [2.05, 4.69) is 10.0 Å². The van der Waals surface area contributed by atoms with Crippen LogP contribution in [0.5, 0.6) is 5.75 Å². The topological polar surface area (TPSA) is 128 Å². The van der Waals surface area contributed by atoms with Crippen molar-refractivity contribution in [1.29, 1.82) is 0 Å². The number of nitrogens with one attached hydrogen (secondary N) is 2. The molecule has 0 saturated heterocycles. The van der Waals surface area contributed by atoms with Crippen molar-refractivity contribution in [3.05, 3.63) is 88.0 Å². The van der Waals surface area contributed by atoms with Crippen LogP contribution in [0.25, 0.3) is 0 Å². The van der Waals surface area contributed by atoms with Crippen LogP contribution in [0.2, 0.25) is 0 Å². The van der Waals surface area contributed by atoms with Crippen LogP contribution in [-0.4, -0.2) is 25.9 Å². The molecule has 3 aromatic rings. The summed E-state index contributed by atoms with van der Waals surface area (Å²) in [4.78, 5) is 22.8. The molecule has 0 aliphatic rings. The van der Waals surface area contributed by atoms with Gasteiger partial charge in [-0.25, -0.2) is 8.42 Å². The van der Waals surface area contributed by atoms with Crippen LogP contribution in [0, 0.1) is 24.0 Å². The number of anilines is 2. The Balaban J connectivity index is 1.66. The number of nitro benzene ring substituents is 1. The summed E-state index contributed by atoms with van der Waals surface area (Å²) in [7, 11) is -3.78. The molecule has 0 spiro atoms. The Hall–Kier alpha value is -3.92. The lowest BCUT2D eigenvalue weighted by Gasteiger charge is -2.13. The Kier molecular flexibility index (Phi) is 6.74. The normalized spacial score (nSPS) is 10.9. The van der Waals surface area contributed by atoms with Crippen molar-refractivity contribution in [1.82, 2.24) is 0 Å². The van der Waals surface area contributed by atoms with Gasteiger partial charge in [-0.3, -0.25) is 19.6 Å². The van der Waals surface area contributed by atoms with Crippen LogP contribution >= 0.6 is 0 Å². The summed E-state index contributed by atoms with van der Waals surface area (Å²) in [5, 5.41) is 13.6. The number of para-hydroxylation sites is 1. The summed E-state index contributed by atoms with van der Waals surface area (Å²) in [6, 6.07) is 17.2. The van der Waals surface area contributed by atoms with Gasteiger partial charge in [0.1, 0.15) is 5.75 Å². The van der Waals surface area contributed by atoms with Crippen LogP contribution in [0.3, 0.4) is 0 Å². The van der Waals surface area contributed by atoms with E-state index in [9.17, 15) is 23.3 Å². The van der Waals surface area contributed by atoms with Gasteiger partial charge < -0.3 is 10.1 Å². The maximum atomic E-state index is 12.6. The third-order valence-corrected chi connectivity index (χ3v) is 6.00. The molecule has 1 amide bonds. The standard InChI is InChI=1S/C22H21N3O6S/c1-15-13-18(32(29,30)24-17-7-4-3-5-8-17)11-12-21(15)31-14-22(26)23-19-9-6-10-20(16(19)2)25(27)28/h3-13,24H,14H2,1-2H3,(H,23,26). The van der Waals surface area contributed by atoms with Crippen LogP contribution in [-0.2, 0) is 14.8 Å². The predicted octanol–water partition coefficient (Wildman–Crippen LogP) is 4.03. The summed E-state index contributed by atoms with van der Waals surface area (Å²) < 4.78 is 33.2. The van der Waals surface area contributed by atoms with Gasteiger partial charge in [0.05, 0.1) is 21.1 Å². The fourth-order valence-electron chi connectivity index (χ4n) is 2.96. The van der Waals surface area contributed by atoms with Crippen molar-refractivity contribution in [2.45, 2.75) is 18.7 Å². The molecule has 0 bridgehead atoms. The van der Waals surface area contributed by atoms with E-state index in [1.165, 1.54) is 30.3 Å². The van der Waals surface area contributed by atoms with Gasteiger partial charge in [0.2, 0.25) is 0 Å². The molecule has 2 N–H and O–H groups in total. The molecule has 0 atom stereocenters. The second-order valence-corrected chi connectivity index (χ2v) is 8.62. The Morgan fingerprint density at radius 3 is 2.41 bits per heavy atom. The number of ether oxygens (including phenoxy) is 1. The molecule has 0 heterocycles. The van der Waals surface area contributed by atoms with Crippen LogP contribution in [0.4, 0.5) is 17.1 Å². The molecule has 3 rings (SSSR count). The van der Waals surface area contributed by atoms with Gasteiger partial charge in [-0.15, -0.1) is 0 Å². The number of carbonyl (C=O) groups is 1. The van der Waals surface area contributed by atoms with E-state index in [-0.39, 0.29) is 17.2 Å². The number of benzene rings is 3. The van der Waals surface area contributed by atoms with E-state index in [1.54, 1.807) is 50.2 Å². The first kappa shape index (κ1) is 22.8. The van der Waals surface area contributed by atoms with Crippen LogP contribution in [0.1, 0.15) is 11.1 Å². The maximum absolute atomic E-state index is 12.6. The summed E-state index contributed by atoms with van der Waals surface area (Å²) in [6.07, 6.45) is 0. The summed E-state index contributed by atoms with van der Waals surface area (Å²) >= 11 is 0. The van der Waals surface area contributed by atoms with Crippen molar-refractivity contribution in [2.24, 2.45) is 0 Å². The molecule has 32 heavy (non-hydrogen) atoms. The monoisotopic (exact) mass is 455 g/mol. The third kappa shape index (κ3) is 5.41. The molecule has 0 radical (unpaired) electrons. The number of carbonyl (C=O) groups excluding carboxylic acids is 1. The smallest absolute Gasteiger partial charge is 0.274 e. The van der Waals surface area contributed by atoms with Crippen molar-refractivity contribution in [3.63, 3.8) is 0 Å². The van der Waals surface area contributed by atoms with E-state index in [0.717, 1.165) is 0 Å². The summed E-state index contributed by atoms with van der Waals surface area (Å²) in [6.45, 7) is 2.86. The second-order valence-electron chi connectivity index (χ2n) is 6.94. The van der Waals surface area contributed by atoms with Gasteiger partial charge in [0.25, 0.3) is 21.6 Å². The number of nitrogens with zero attached hydrogens (tertiary/aromatic N) is 1. The van der Waals surface area contributed by atoms with E-state index in [1.807, 2.05) is 0 Å². The fraction of sp³-hybridized carbons (Fsp3) is 0.136. The Bertz CT molecular complexity index is 1260. The number of rotatable bonds is 8. The average Bonchev–Trinajstić information content (AvgIpc) is 2.74. The average molecular weight is 455 g/mol. The lowest BCUT2D eigenvalue weighted by molar-refractivity contribution is -0.385. The highest BCUT2D eigenvalue weighted by molar-refractivity contribution is 7.92. The Labute approximate surface area is 185 Å². The number of nitro groups is 1. The lowest BCUT2D eigenvalue weighted by atomic mass is 10.1. The van der Waals surface area contributed by atoms with Gasteiger partial charge >= 0.3 is 0 Å². The van der Waals surface area contributed by atoms with Gasteiger partial charge in [-0.1, -0.05) is 24.3 Å². The largest absolute Gasteiger partial charge is 0.483 e. The number of sulfonamides is 1. The highest BCUT2D eigenvalue weighted by Gasteiger charge is 2.17. The fourth-order valence-corrected chi connectivity index (χ4v) is 4.10. The first-order valence-electron chi connectivity index (χ1n) is 9.52. The van der Waals surface area contributed by atoms with Crippen molar-refractivity contribution >= 4 is 33.0 Å². The van der Waals surface area contributed by atoms with E-state index >= 15 is 0 Å². The quantitative estimate of drug-likeness (QED) is 0.390. The minimum absolute atomic E-state index is 0.0582. The molecule has 10 heteroatoms. The van der Waals surface area contributed by atoms with Gasteiger partial charge in [-0.05, 0) is 55.8 Å². The first-order valence-corrected chi connectivity index (χ1v) is 11.0. The van der Waals surface area contributed by atoms with Crippen molar-refractivity contribution in [3.8, 4) is 5.75 Å². The van der Waals surface area contributed by atoms with Crippen LogP contribution < -0.4 is 14.8 Å². The summed E-state index contributed by atoms with van der Waals surface area (Å²) in [5.41, 5.74) is 1.53. The maximum Gasteiger partial charge on any atom is 0.274 e. The Morgan fingerprint density at radius 1 is 1.03 bits per heavy atom. The Morgan fingerprint density at radius 2 is 1.75 bits per heavy atom. The van der Waals surface area contributed by atoms with Gasteiger partial charge in [-0.2, -0.15) is 0 Å². The van der Waals surface area contributed by atoms with Crippen molar-refractivity contribution < 1.29 is 22.9 Å². The molecule has 0 aliphatic heterocycles. The molecular weight excluding hydrogens is 434 g/mol. The molecule has 0 aromatic heterocycles. The number of hydrogen-bond donors (Lipinski definition) is 2. The number of aryl methyl sites for hydroxylation is 1. The van der Waals surface area contributed by atoms with Crippen molar-refractivity contribution in [2.75, 3.05) is 16.6 Å². The van der Waals surface area contributed by atoms with Gasteiger partial charge in [0.15, 0.2) is 6.61 Å². The molecule has 0 unspecified atom stereocenters. The highest BCUT2D eigenvalue weighted by Crippen LogP contribution is 2.26. The SMILES string of the molecule is Cc1cc(S(=O)(=O)Nc2ccccc2)ccc1OCC(=O)Nc1cccc([N+](=O)[O-])c1C. The zero-order chi connectivity index (χ0) is 23.3. The number of hydrogen-bond acceptors (Lipinski definition) is 6. The van der Waals surface area contributed by atoms with Crippen LogP contribution in [0.15, 0.2) is 71.6 Å². The molecule has 9 nitrogen and oxygen atoms in total. The van der Waals surface area contributed by atoms with E-state index < -0.39 is 20.9 Å². The molecule has 3 aromatic carbocycles. The molecule has 0 aliphatic carbocycles. The second kappa shape index (κ2) is 9.48. The molecular formula is C22H21N3O6S. The number of amides is 1. The molecule has 0 fully saturated rings. The zero-order valence-corrected chi connectivity index (χ0v) is 18.2. The predicted molar refractivity (Wildman–Crippen MR) is 120 cm³/mol. The lowest BCUT2D eigenvalue weighted by Crippen LogP contribution is -2.21. The zero-order valence-electron chi connectivity index (χ0n) is 17.4. The van der Waals surface area contributed by atoms with Gasteiger partial charge in [0, 0.05) is 11.8 Å². The summed E-state index contributed by atoms with van der Waals surface area (Å²) in [5.74, 6) is -0.162. The minimum Gasteiger partial charge on any atom is -0.483 e. The minimum atomic E-state index is -3.78. The van der Waals surface area contributed by atoms with E-state index in [0.29, 0.717) is 28.3 Å². The first-order chi connectivity index (χ1) is 15.2. The molecule has 0 saturated carbocycles. The third-order valence-electron chi connectivity index (χ3n) is 4.62.